The summed E-state index contributed by atoms with van der Waals surface area (Å²) in [6, 6.07) is 8.57. The van der Waals surface area contributed by atoms with E-state index in [1.165, 1.54) is 18.1 Å². The molecule has 0 aliphatic carbocycles. The van der Waals surface area contributed by atoms with Crippen LogP contribution >= 0.6 is 0 Å². The summed E-state index contributed by atoms with van der Waals surface area (Å²) in [6.45, 7) is 6.98. The van der Waals surface area contributed by atoms with Gasteiger partial charge in [0.1, 0.15) is 0 Å². The number of ether oxygens (including phenoxy) is 1. The molecular weight excluding hydrogens is 264 g/mol. The maximum atomic E-state index is 11.2. The van der Waals surface area contributed by atoms with E-state index in [0.29, 0.717) is 18.9 Å². The maximum Gasteiger partial charge on any atom is 0.307 e. The molecule has 0 atom stereocenters. The zero-order chi connectivity index (χ0) is 15.2. The smallest absolute Gasteiger partial charge is 0.307 e. The summed E-state index contributed by atoms with van der Waals surface area (Å²) in [4.78, 5) is 11.2. The fourth-order valence-corrected chi connectivity index (χ4v) is 2.37. The number of aryl methyl sites for hydroxylation is 1. The summed E-state index contributed by atoms with van der Waals surface area (Å²) in [5, 5.41) is 4.66. The van der Waals surface area contributed by atoms with Gasteiger partial charge in [0.25, 0.3) is 0 Å². The minimum Gasteiger partial charge on any atom is -0.469 e. The third-order valence-electron chi connectivity index (χ3n) is 3.50. The Morgan fingerprint density at radius 2 is 2.14 bits per heavy atom. The summed E-state index contributed by atoms with van der Waals surface area (Å²) in [5.41, 5.74) is 2.44. The number of carbonyl (C=O) groups is 1. The van der Waals surface area contributed by atoms with Crippen molar-refractivity contribution in [2.75, 3.05) is 13.7 Å². The summed E-state index contributed by atoms with van der Waals surface area (Å²) in [5.74, 6) is 0.486. The fraction of sp³-hybridized carbons (Fsp3) is 0.471. The van der Waals surface area contributed by atoms with Gasteiger partial charge in [0.2, 0.25) is 0 Å². The van der Waals surface area contributed by atoms with E-state index in [-0.39, 0.29) is 5.97 Å². The highest BCUT2D eigenvalue weighted by atomic mass is 16.5. The van der Waals surface area contributed by atoms with Crippen LogP contribution in [-0.2, 0) is 22.6 Å². The van der Waals surface area contributed by atoms with Crippen LogP contribution in [0.1, 0.15) is 25.8 Å². The zero-order valence-electron chi connectivity index (χ0n) is 13.1. The van der Waals surface area contributed by atoms with Crippen LogP contribution in [0.2, 0.25) is 0 Å². The second kappa shape index (κ2) is 7.27. The lowest BCUT2D eigenvalue weighted by Gasteiger charge is -2.08. The van der Waals surface area contributed by atoms with Crippen LogP contribution < -0.4 is 5.32 Å². The quantitative estimate of drug-likeness (QED) is 0.797. The highest BCUT2D eigenvalue weighted by Crippen LogP contribution is 2.18. The predicted molar refractivity (Wildman–Crippen MR) is 85.1 cm³/mol. The maximum absolute atomic E-state index is 11.2. The van der Waals surface area contributed by atoms with E-state index < -0.39 is 0 Å². The van der Waals surface area contributed by atoms with E-state index in [0.717, 1.165) is 18.6 Å². The molecule has 1 N–H and O–H groups in total. The lowest BCUT2D eigenvalue weighted by molar-refractivity contribution is -0.140. The lowest BCUT2D eigenvalue weighted by Crippen LogP contribution is -2.18. The molecule has 0 unspecified atom stereocenters. The molecule has 0 saturated carbocycles. The van der Waals surface area contributed by atoms with Gasteiger partial charge in [-0.25, -0.2) is 0 Å². The van der Waals surface area contributed by atoms with Gasteiger partial charge in [-0.2, -0.15) is 0 Å². The third-order valence-corrected chi connectivity index (χ3v) is 3.50. The predicted octanol–water partition coefficient (Wildman–Crippen LogP) is 2.95. The molecule has 0 saturated heterocycles. The minimum absolute atomic E-state index is 0.175. The van der Waals surface area contributed by atoms with Crippen molar-refractivity contribution in [2.45, 2.75) is 33.4 Å². The number of nitrogens with zero attached hydrogens (tertiary/aromatic N) is 1. The molecule has 4 nitrogen and oxygen atoms in total. The number of fused-ring (bicyclic) bond motifs is 1. The van der Waals surface area contributed by atoms with E-state index >= 15 is 0 Å². The topological polar surface area (TPSA) is 43.3 Å². The average Bonchev–Trinajstić information content (AvgIpc) is 2.86. The number of esters is 1. The Kier molecular flexibility index (Phi) is 5.39. The van der Waals surface area contributed by atoms with Gasteiger partial charge < -0.3 is 14.6 Å². The van der Waals surface area contributed by atoms with E-state index in [4.69, 9.17) is 0 Å². The van der Waals surface area contributed by atoms with Gasteiger partial charge in [0, 0.05) is 24.8 Å². The Bertz CT molecular complexity index is 602. The SMILES string of the molecule is COC(=O)CCn1ccc2cc(CNCC(C)C)ccc21. The van der Waals surface area contributed by atoms with Crippen LogP contribution in [0.5, 0.6) is 0 Å². The molecular formula is C17H24N2O2. The van der Waals surface area contributed by atoms with Crippen LogP contribution in [-0.4, -0.2) is 24.2 Å². The molecule has 1 heterocycles. The van der Waals surface area contributed by atoms with Crippen molar-refractivity contribution in [1.82, 2.24) is 9.88 Å². The monoisotopic (exact) mass is 288 g/mol. The number of rotatable bonds is 7. The first-order chi connectivity index (χ1) is 10.1. The Balaban J connectivity index is 2.02. The van der Waals surface area contributed by atoms with Crippen molar-refractivity contribution in [3.63, 3.8) is 0 Å². The molecule has 4 heteroatoms. The highest BCUT2D eigenvalue weighted by molar-refractivity contribution is 5.81. The largest absolute Gasteiger partial charge is 0.469 e. The number of benzene rings is 1. The molecule has 0 radical (unpaired) electrons. The number of aromatic nitrogens is 1. The van der Waals surface area contributed by atoms with Gasteiger partial charge in [-0.05, 0) is 41.6 Å². The Morgan fingerprint density at radius 1 is 1.33 bits per heavy atom. The van der Waals surface area contributed by atoms with E-state index in [1.54, 1.807) is 0 Å². The van der Waals surface area contributed by atoms with Crippen molar-refractivity contribution in [2.24, 2.45) is 5.92 Å². The van der Waals surface area contributed by atoms with Crippen molar-refractivity contribution in [1.29, 1.82) is 0 Å². The van der Waals surface area contributed by atoms with Crippen molar-refractivity contribution < 1.29 is 9.53 Å². The van der Waals surface area contributed by atoms with Gasteiger partial charge in [0.05, 0.1) is 13.5 Å². The molecule has 1 aromatic heterocycles. The van der Waals surface area contributed by atoms with E-state index in [2.05, 4.69) is 52.7 Å². The van der Waals surface area contributed by atoms with Crippen molar-refractivity contribution >= 4 is 16.9 Å². The first kappa shape index (κ1) is 15.6. The van der Waals surface area contributed by atoms with Crippen molar-refractivity contribution in [3.8, 4) is 0 Å². The third kappa shape index (κ3) is 4.33. The van der Waals surface area contributed by atoms with Gasteiger partial charge in [-0.15, -0.1) is 0 Å². The Hall–Kier alpha value is -1.81. The molecule has 0 spiro atoms. The Morgan fingerprint density at radius 3 is 2.86 bits per heavy atom. The van der Waals surface area contributed by atoms with E-state index in [1.807, 2.05) is 6.20 Å². The van der Waals surface area contributed by atoms with Crippen LogP contribution in [0.4, 0.5) is 0 Å². The number of nitrogens with one attached hydrogen (secondary N) is 1. The first-order valence-electron chi connectivity index (χ1n) is 7.45. The van der Waals surface area contributed by atoms with Crippen LogP contribution in [0.15, 0.2) is 30.5 Å². The molecule has 21 heavy (non-hydrogen) atoms. The Labute approximate surface area is 126 Å². The fourth-order valence-electron chi connectivity index (χ4n) is 2.37. The first-order valence-corrected chi connectivity index (χ1v) is 7.45. The van der Waals surface area contributed by atoms with Gasteiger partial charge in [-0.3, -0.25) is 4.79 Å². The summed E-state index contributed by atoms with van der Waals surface area (Å²) < 4.78 is 6.78. The van der Waals surface area contributed by atoms with Crippen LogP contribution in [0.3, 0.4) is 0 Å². The molecule has 1 aromatic carbocycles. The molecule has 2 aromatic rings. The van der Waals surface area contributed by atoms with Gasteiger partial charge in [0.15, 0.2) is 0 Å². The number of methoxy groups -OCH3 is 1. The highest BCUT2D eigenvalue weighted by Gasteiger charge is 2.05. The second-order valence-corrected chi connectivity index (χ2v) is 5.75. The average molecular weight is 288 g/mol. The molecule has 0 amide bonds. The standard InChI is InChI=1S/C17H24N2O2/c1-13(2)11-18-12-14-4-5-16-15(10-14)6-8-19(16)9-7-17(20)21-3/h4-6,8,10,13,18H,7,9,11-12H2,1-3H3. The molecule has 0 fully saturated rings. The van der Waals surface area contributed by atoms with Gasteiger partial charge >= 0.3 is 5.97 Å². The summed E-state index contributed by atoms with van der Waals surface area (Å²) >= 11 is 0. The van der Waals surface area contributed by atoms with Crippen LogP contribution in [0, 0.1) is 5.92 Å². The number of carbonyl (C=O) groups excluding carboxylic acids is 1. The summed E-state index contributed by atoms with van der Waals surface area (Å²) in [6.07, 6.45) is 2.43. The normalized spacial score (nSPS) is 11.2. The summed E-state index contributed by atoms with van der Waals surface area (Å²) in [7, 11) is 1.42. The molecule has 114 valence electrons. The molecule has 0 bridgehead atoms. The molecule has 0 aliphatic rings. The van der Waals surface area contributed by atoms with E-state index in [9.17, 15) is 4.79 Å². The zero-order valence-corrected chi connectivity index (χ0v) is 13.1. The second-order valence-electron chi connectivity index (χ2n) is 5.75. The lowest BCUT2D eigenvalue weighted by atomic mass is 10.1. The molecule has 0 aliphatic heterocycles. The van der Waals surface area contributed by atoms with Crippen molar-refractivity contribution in [3.05, 3.63) is 36.0 Å². The molecule has 2 rings (SSSR count). The number of hydrogen-bond acceptors (Lipinski definition) is 3. The van der Waals surface area contributed by atoms with Crippen LogP contribution in [0.25, 0.3) is 10.9 Å². The number of hydrogen-bond donors (Lipinski definition) is 1. The minimum atomic E-state index is -0.175. The van der Waals surface area contributed by atoms with Gasteiger partial charge in [-0.1, -0.05) is 19.9 Å².